The van der Waals surface area contributed by atoms with Crippen molar-refractivity contribution in [2.45, 2.75) is 51.0 Å². The lowest BCUT2D eigenvalue weighted by molar-refractivity contribution is 0.0420. The number of sulfonamides is 1. The largest absolute Gasteiger partial charge is 0.444 e. The van der Waals surface area contributed by atoms with Gasteiger partial charge in [0.05, 0.1) is 29.6 Å². The average molecular weight is 498 g/mol. The van der Waals surface area contributed by atoms with Gasteiger partial charge in [0.1, 0.15) is 17.2 Å². The minimum Gasteiger partial charge on any atom is -0.444 e. The van der Waals surface area contributed by atoms with E-state index in [4.69, 9.17) is 4.74 Å². The number of alkyl carbamates (subject to hydrolysis) is 1. The molecular weight excluding hydrogens is 468 g/mol. The molecule has 1 amide bonds. The number of hydrogen-bond acceptors (Lipinski definition) is 6. The molecule has 4 N–H and O–H groups in total. The van der Waals surface area contributed by atoms with E-state index in [1.54, 1.807) is 45.0 Å². The lowest BCUT2D eigenvalue weighted by Gasteiger charge is -2.30. The molecule has 2 aromatic carbocycles. The van der Waals surface area contributed by atoms with Gasteiger partial charge in [-0.3, -0.25) is 4.72 Å². The summed E-state index contributed by atoms with van der Waals surface area (Å²) in [5.74, 6) is -1.80. The fourth-order valence-corrected chi connectivity index (χ4v) is 5.05. The first-order chi connectivity index (χ1) is 15.8. The molecule has 1 unspecified atom stereocenters. The summed E-state index contributed by atoms with van der Waals surface area (Å²) in [5.41, 5.74) is 0.593. The van der Waals surface area contributed by atoms with Gasteiger partial charge in [0, 0.05) is 12.6 Å². The highest BCUT2D eigenvalue weighted by Gasteiger charge is 2.31. The van der Waals surface area contributed by atoms with Gasteiger partial charge in [0.2, 0.25) is 10.0 Å². The molecule has 0 radical (unpaired) electrons. The quantitative estimate of drug-likeness (QED) is 0.468. The molecule has 1 heterocycles. The van der Waals surface area contributed by atoms with Crippen LogP contribution in [0.1, 0.15) is 37.9 Å². The Kier molecular flexibility index (Phi) is 7.79. The third kappa shape index (κ3) is 7.37. The van der Waals surface area contributed by atoms with Crippen molar-refractivity contribution in [1.82, 2.24) is 10.6 Å². The summed E-state index contributed by atoms with van der Waals surface area (Å²) in [7, 11) is -3.58. The van der Waals surface area contributed by atoms with E-state index in [0.717, 1.165) is 18.2 Å². The van der Waals surface area contributed by atoms with Crippen LogP contribution in [-0.2, 0) is 21.2 Å². The fourth-order valence-electron chi connectivity index (χ4n) is 3.71. The molecule has 1 aliphatic rings. The number of benzene rings is 2. The Morgan fingerprint density at radius 3 is 2.50 bits per heavy atom. The molecule has 3 rings (SSSR count). The number of nitrogens with one attached hydrogen (secondary N) is 3. The lowest BCUT2D eigenvalue weighted by atomic mass is 10.00. The second-order valence-corrected chi connectivity index (χ2v) is 11.0. The zero-order chi connectivity index (χ0) is 25.1. The maximum Gasteiger partial charge on any atom is 0.407 e. The first-order valence-electron chi connectivity index (χ1n) is 10.8. The van der Waals surface area contributed by atoms with Crippen molar-refractivity contribution in [2.24, 2.45) is 0 Å². The smallest absolute Gasteiger partial charge is 0.407 e. The number of rotatable bonds is 7. The van der Waals surface area contributed by atoms with E-state index in [1.807, 2.05) is 0 Å². The van der Waals surface area contributed by atoms with E-state index in [-0.39, 0.29) is 24.3 Å². The Labute approximate surface area is 197 Å². The summed E-state index contributed by atoms with van der Waals surface area (Å²) in [4.78, 5) is 12.4. The Balaban J connectivity index is 1.76. The minimum atomic E-state index is -3.58. The van der Waals surface area contributed by atoms with Crippen molar-refractivity contribution in [2.75, 3.05) is 17.0 Å². The first-order valence-corrected chi connectivity index (χ1v) is 12.4. The number of halogens is 2. The maximum absolute atomic E-state index is 13.7. The minimum absolute atomic E-state index is 0.0854. The topological polar surface area (TPSA) is 117 Å². The number of carbonyl (C=O) groups is 1. The van der Waals surface area contributed by atoms with Gasteiger partial charge in [-0.2, -0.15) is 0 Å². The molecule has 186 valence electrons. The second kappa shape index (κ2) is 10.2. The molecule has 8 nitrogen and oxygen atoms in total. The van der Waals surface area contributed by atoms with Gasteiger partial charge in [0.15, 0.2) is 0 Å². The van der Waals surface area contributed by atoms with Crippen LogP contribution in [0.15, 0.2) is 42.5 Å². The van der Waals surface area contributed by atoms with E-state index in [2.05, 4.69) is 15.4 Å². The van der Waals surface area contributed by atoms with Crippen molar-refractivity contribution < 1.29 is 31.8 Å². The molecular formula is C23H29F2N3O5S. The zero-order valence-electron chi connectivity index (χ0n) is 19.1. The van der Waals surface area contributed by atoms with Gasteiger partial charge >= 0.3 is 6.09 Å². The van der Waals surface area contributed by atoms with Crippen molar-refractivity contribution in [1.29, 1.82) is 0 Å². The predicted molar refractivity (Wildman–Crippen MR) is 124 cm³/mol. The molecule has 2 aromatic rings. The highest BCUT2D eigenvalue weighted by molar-refractivity contribution is 7.92. The normalized spacial score (nSPS) is 18.8. The first kappa shape index (κ1) is 25.9. The van der Waals surface area contributed by atoms with Gasteiger partial charge in [-0.25, -0.2) is 22.0 Å². The molecule has 0 saturated carbocycles. The molecule has 0 bridgehead atoms. The average Bonchev–Trinajstić information content (AvgIpc) is 2.68. The molecule has 11 heteroatoms. The Bertz CT molecular complexity index is 1120. The summed E-state index contributed by atoms with van der Waals surface area (Å²) < 4.78 is 59.6. The number of carbonyl (C=O) groups excluding carboxylic acids is 1. The van der Waals surface area contributed by atoms with Crippen LogP contribution >= 0.6 is 0 Å². The number of aliphatic hydroxyl groups excluding tert-OH is 1. The number of anilines is 1. The molecule has 0 aliphatic carbocycles. The van der Waals surface area contributed by atoms with Crippen molar-refractivity contribution in [3.05, 3.63) is 65.2 Å². The molecule has 0 aromatic heterocycles. The summed E-state index contributed by atoms with van der Waals surface area (Å²) in [5, 5.41) is 16.5. The van der Waals surface area contributed by atoms with E-state index < -0.39 is 51.5 Å². The Morgan fingerprint density at radius 1 is 1.21 bits per heavy atom. The van der Waals surface area contributed by atoms with Crippen LogP contribution < -0.4 is 15.4 Å². The SMILES string of the molecule is CC(C)(C)OC(=O)N[C@@H](Cc1cc(F)cc(F)c1)[C@H](O)CNC1CS(=O)(=O)Nc2ccccc21. The van der Waals surface area contributed by atoms with Crippen molar-refractivity contribution >= 4 is 21.8 Å². The van der Waals surface area contributed by atoms with Gasteiger partial charge in [-0.1, -0.05) is 18.2 Å². The zero-order valence-corrected chi connectivity index (χ0v) is 20.0. The van der Waals surface area contributed by atoms with Gasteiger partial charge in [0.25, 0.3) is 0 Å². The number of fused-ring (bicyclic) bond motifs is 1. The van der Waals surface area contributed by atoms with Crippen molar-refractivity contribution in [3.63, 3.8) is 0 Å². The van der Waals surface area contributed by atoms with E-state index >= 15 is 0 Å². The summed E-state index contributed by atoms with van der Waals surface area (Å²) in [6.07, 6.45) is -2.12. The monoisotopic (exact) mass is 497 g/mol. The molecule has 3 atom stereocenters. The molecule has 0 saturated heterocycles. The summed E-state index contributed by atoms with van der Waals surface area (Å²) in [6, 6.07) is 8.27. The lowest BCUT2D eigenvalue weighted by Crippen LogP contribution is -2.51. The fraction of sp³-hybridized carbons (Fsp3) is 0.435. The van der Waals surface area contributed by atoms with E-state index in [0.29, 0.717) is 11.3 Å². The van der Waals surface area contributed by atoms with Crippen LogP contribution in [0.2, 0.25) is 0 Å². The third-order valence-corrected chi connectivity index (χ3v) is 6.41. The van der Waals surface area contributed by atoms with Crippen molar-refractivity contribution in [3.8, 4) is 0 Å². The van der Waals surface area contributed by atoms with E-state index in [9.17, 15) is 27.1 Å². The second-order valence-electron chi connectivity index (χ2n) is 9.23. The number of aliphatic hydroxyl groups is 1. The third-order valence-electron chi connectivity index (χ3n) is 5.11. The van der Waals surface area contributed by atoms with Crippen LogP contribution in [0.25, 0.3) is 0 Å². The van der Waals surface area contributed by atoms with Gasteiger partial charge in [-0.15, -0.1) is 0 Å². The number of hydrogen-bond donors (Lipinski definition) is 4. The highest BCUT2D eigenvalue weighted by Crippen LogP contribution is 2.30. The predicted octanol–water partition coefficient (Wildman–Crippen LogP) is 2.85. The van der Waals surface area contributed by atoms with E-state index in [1.165, 1.54) is 0 Å². The van der Waals surface area contributed by atoms with Gasteiger partial charge < -0.3 is 20.5 Å². The summed E-state index contributed by atoms with van der Waals surface area (Å²) in [6.45, 7) is 4.93. The van der Waals surface area contributed by atoms with Gasteiger partial charge in [-0.05, 0) is 56.5 Å². The Morgan fingerprint density at radius 2 is 1.85 bits per heavy atom. The molecule has 0 spiro atoms. The molecule has 0 fully saturated rings. The van der Waals surface area contributed by atoms with Crippen LogP contribution in [-0.4, -0.2) is 49.7 Å². The Hall–Kier alpha value is -2.76. The summed E-state index contributed by atoms with van der Waals surface area (Å²) >= 11 is 0. The molecule has 1 aliphatic heterocycles. The van der Waals surface area contributed by atoms with Crippen LogP contribution in [0.3, 0.4) is 0 Å². The standard InChI is InChI=1S/C23H29F2N3O5S/c1-23(2,3)33-22(30)27-19(10-14-8-15(24)11-16(25)9-14)21(29)12-26-20-13-34(31,32)28-18-7-5-4-6-17(18)20/h4-9,11,19-21,26,28-29H,10,12-13H2,1-3H3,(H,27,30)/t19-,20?,21+/m0/s1. The number of para-hydroxylation sites is 1. The maximum atomic E-state index is 13.7. The highest BCUT2D eigenvalue weighted by atomic mass is 32.2. The van der Waals surface area contributed by atoms with Crippen LogP contribution in [0, 0.1) is 11.6 Å². The number of ether oxygens (including phenoxy) is 1. The number of amides is 1. The molecule has 34 heavy (non-hydrogen) atoms. The van der Waals surface area contributed by atoms with Crippen LogP contribution in [0.5, 0.6) is 0 Å². The van der Waals surface area contributed by atoms with Crippen LogP contribution in [0.4, 0.5) is 19.3 Å².